The van der Waals surface area contributed by atoms with E-state index in [4.69, 9.17) is 18.9 Å². The van der Waals surface area contributed by atoms with Gasteiger partial charge >= 0.3 is 0 Å². The lowest BCUT2D eigenvalue weighted by Crippen LogP contribution is -2.41. The Morgan fingerprint density at radius 1 is 0.486 bits per heavy atom. The van der Waals surface area contributed by atoms with Crippen LogP contribution in [0.2, 0.25) is 0 Å². The van der Waals surface area contributed by atoms with Gasteiger partial charge in [0.15, 0.2) is 9.84 Å². The van der Waals surface area contributed by atoms with Crippen molar-refractivity contribution in [3.63, 3.8) is 0 Å². The molecule has 0 radical (unpaired) electrons. The van der Waals surface area contributed by atoms with Crippen LogP contribution in [0.5, 0.6) is 0 Å². The Morgan fingerprint density at radius 3 is 1.23 bits per heavy atom. The molecule has 9 heteroatoms. The van der Waals surface area contributed by atoms with Gasteiger partial charge in [0.25, 0.3) is 12.9 Å². The number of ether oxygens (including phenoxy) is 4. The molecular weight excluding hydrogens is 472 g/mol. The lowest BCUT2D eigenvalue weighted by molar-refractivity contribution is -0.140. The van der Waals surface area contributed by atoms with Gasteiger partial charge in [-0.25, -0.2) is 8.42 Å². The molecule has 4 atom stereocenters. The van der Waals surface area contributed by atoms with Crippen LogP contribution in [-0.4, -0.2) is 68.5 Å². The number of hydrogen-bond donors (Lipinski definition) is 0. The van der Waals surface area contributed by atoms with Crippen molar-refractivity contribution in [2.24, 2.45) is 0 Å². The van der Waals surface area contributed by atoms with E-state index in [2.05, 4.69) is 0 Å². The molecule has 4 aliphatic carbocycles. The van der Waals surface area contributed by atoms with Gasteiger partial charge in [0.1, 0.15) is 12.2 Å². The molecule has 0 aliphatic heterocycles. The Balaban J connectivity index is 1.18. The van der Waals surface area contributed by atoms with E-state index >= 15 is 0 Å². The van der Waals surface area contributed by atoms with E-state index in [1.165, 1.54) is 0 Å². The SMILES string of the molecule is O=COC1CCCC(OC2CCC(S(=O)(=O)C3CCC(OC4CCCC(OC=O)C4)CC3)CC2)C1. The smallest absolute Gasteiger partial charge is 0.293 e. The highest BCUT2D eigenvalue weighted by molar-refractivity contribution is 7.92. The molecule has 4 saturated carbocycles. The molecule has 200 valence electrons. The van der Waals surface area contributed by atoms with Gasteiger partial charge in [-0.2, -0.15) is 0 Å². The maximum absolute atomic E-state index is 13.4. The Bertz CT molecular complexity index is 712. The number of sulfone groups is 1. The van der Waals surface area contributed by atoms with Crippen LogP contribution >= 0.6 is 0 Å². The van der Waals surface area contributed by atoms with E-state index in [1.807, 2.05) is 0 Å². The lowest BCUT2D eigenvalue weighted by atomic mass is 9.93. The van der Waals surface area contributed by atoms with Gasteiger partial charge < -0.3 is 18.9 Å². The number of hydrogen-bond acceptors (Lipinski definition) is 8. The van der Waals surface area contributed by atoms with Gasteiger partial charge in [0.2, 0.25) is 0 Å². The van der Waals surface area contributed by atoms with E-state index < -0.39 is 9.84 Å². The van der Waals surface area contributed by atoms with Crippen molar-refractivity contribution in [2.45, 2.75) is 150 Å². The molecule has 0 spiro atoms. The van der Waals surface area contributed by atoms with Crippen molar-refractivity contribution in [1.82, 2.24) is 0 Å². The van der Waals surface area contributed by atoms with Gasteiger partial charge in [0, 0.05) is 12.8 Å². The van der Waals surface area contributed by atoms with E-state index in [9.17, 15) is 18.0 Å². The Hall–Kier alpha value is -1.19. The molecule has 8 nitrogen and oxygen atoms in total. The van der Waals surface area contributed by atoms with Crippen molar-refractivity contribution in [2.75, 3.05) is 0 Å². The summed E-state index contributed by atoms with van der Waals surface area (Å²) in [5.74, 6) is 0. The molecule has 4 aliphatic rings. The second-order valence-electron chi connectivity index (χ2n) is 10.9. The molecule has 4 rings (SSSR count). The molecule has 4 unspecified atom stereocenters. The van der Waals surface area contributed by atoms with Crippen molar-refractivity contribution < 1.29 is 37.0 Å². The summed E-state index contributed by atoms with van der Waals surface area (Å²) in [6.07, 6.45) is 13.4. The zero-order chi connectivity index (χ0) is 24.7. The zero-order valence-corrected chi connectivity index (χ0v) is 21.6. The molecule has 0 aromatic rings. The zero-order valence-electron chi connectivity index (χ0n) is 20.8. The quantitative estimate of drug-likeness (QED) is 0.403. The molecule has 35 heavy (non-hydrogen) atoms. The predicted octanol–water partition coefficient (Wildman–Crippen LogP) is 4.03. The predicted molar refractivity (Wildman–Crippen MR) is 130 cm³/mol. The monoisotopic (exact) mass is 514 g/mol. The maximum atomic E-state index is 13.4. The van der Waals surface area contributed by atoms with Crippen LogP contribution in [0.1, 0.15) is 103 Å². The standard InChI is InChI=1S/C26H42O8S/c27-17-31-21-3-1-5-23(15-21)33-19-7-11-25(12-8-19)35(29,30)26-13-9-20(10-14-26)34-24-6-2-4-22(16-24)32-18-28/h17-26H,1-16H2. The van der Waals surface area contributed by atoms with Crippen LogP contribution in [0, 0.1) is 0 Å². The number of carbonyl (C=O) groups excluding carboxylic acids is 2. The van der Waals surface area contributed by atoms with Gasteiger partial charge in [0.05, 0.1) is 34.9 Å². The molecule has 0 amide bonds. The average molecular weight is 515 g/mol. The van der Waals surface area contributed by atoms with Gasteiger partial charge in [-0.1, -0.05) is 0 Å². The summed E-state index contributed by atoms with van der Waals surface area (Å²) in [5, 5.41) is -0.524. The average Bonchev–Trinajstić information content (AvgIpc) is 2.86. The van der Waals surface area contributed by atoms with E-state index in [0.29, 0.717) is 38.6 Å². The highest BCUT2D eigenvalue weighted by atomic mass is 32.2. The van der Waals surface area contributed by atoms with E-state index in [0.717, 1.165) is 77.0 Å². The highest BCUT2D eigenvalue weighted by Gasteiger charge is 2.40. The third-order valence-corrected chi connectivity index (χ3v) is 11.4. The van der Waals surface area contributed by atoms with Crippen LogP contribution in [0.4, 0.5) is 0 Å². The number of carbonyl (C=O) groups is 2. The summed E-state index contributed by atoms with van der Waals surface area (Å²) < 4.78 is 49.6. The third-order valence-electron chi connectivity index (χ3n) is 8.59. The third kappa shape index (κ3) is 7.41. The summed E-state index contributed by atoms with van der Waals surface area (Å²) in [4.78, 5) is 21.3. The van der Waals surface area contributed by atoms with Gasteiger partial charge in [-0.3, -0.25) is 9.59 Å². The number of rotatable bonds is 10. The fourth-order valence-electron chi connectivity index (χ4n) is 6.67. The molecular formula is C26H42O8S. The van der Waals surface area contributed by atoms with Crippen LogP contribution in [0.25, 0.3) is 0 Å². The first kappa shape index (κ1) is 26.9. The summed E-state index contributed by atoms with van der Waals surface area (Å²) in [5.41, 5.74) is 0. The Labute approximate surface area is 209 Å². The lowest BCUT2D eigenvalue weighted by Gasteiger charge is -2.37. The normalized spacial score (nSPS) is 38.9. The molecule has 0 bridgehead atoms. The minimum Gasteiger partial charge on any atom is -0.464 e. The van der Waals surface area contributed by atoms with Crippen LogP contribution in [-0.2, 0) is 38.4 Å². The Kier molecular flexibility index (Phi) is 9.87. The van der Waals surface area contributed by atoms with Crippen molar-refractivity contribution >= 4 is 22.8 Å². The maximum Gasteiger partial charge on any atom is 0.293 e. The van der Waals surface area contributed by atoms with E-state index in [1.54, 1.807) is 0 Å². The topological polar surface area (TPSA) is 105 Å². The second kappa shape index (κ2) is 12.9. The first-order chi connectivity index (χ1) is 17.0. The summed E-state index contributed by atoms with van der Waals surface area (Å²) >= 11 is 0. The Morgan fingerprint density at radius 2 is 0.857 bits per heavy atom. The fraction of sp³-hybridized carbons (Fsp3) is 0.923. The van der Waals surface area contributed by atoms with Crippen LogP contribution in [0.15, 0.2) is 0 Å². The molecule has 0 N–H and O–H groups in total. The summed E-state index contributed by atoms with van der Waals surface area (Å²) in [6, 6.07) is 0. The second-order valence-corrected chi connectivity index (χ2v) is 13.5. The summed E-state index contributed by atoms with van der Waals surface area (Å²) in [7, 11) is -3.16. The van der Waals surface area contributed by atoms with Crippen LogP contribution in [0.3, 0.4) is 0 Å². The first-order valence-corrected chi connectivity index (χ1v) is 15.3. The van der Waals surface area contributed by atoms with Crippen LogP contribution < -0.4 is 0 Å². The molecule has 0 aromatic carbocycles. The van der Waals surface area contributed by atoms with Gasteiger partial charge in [-0.15, -0.1) is 0 Å². The molecule has 0 heterocycles. The molecule has 4 fully saturated rings. The van der Waals surface area contributed by atoms with Crippen molar-refractivity contribution in [3.8, 4) is 0 Å². The van der Waals surface area contributed by atoms with Gasteiger partial charge in [-0.05, 0) is 89.9 Å². The molecule has 0 saturated heterocycles. The first-order valence-electron chi connectivity index (χ1n) is 13.7. The summed E-state index contributed by atoms with van der Waals surface area (Å²) in [6.45, 7) is 1.05. The van der Waals surface area contributed by atoms with Crippen molar-refractivity contribution in [1.29, 1.82) is 0 Å². The van der Waals surface area contributed by atoms with Crippen molar-refractivity contribution in [3.05, 3.63) is 0 Å². The minimum atomic E-state index is -3.16. The van der Waals surface area contributed by atoms with E-state index in [-0.39, 0.29) is 47.1 Å². The minimum absolute atomic E-state index is 0.0497. The largest absolute Gasteiger partial charge is 0.464 e. The fourth-order valence-corrected chi connectivity index (χ4v) is 9.07. The highest BCUT2D eigenvalue weighted by Crippen LogP contribution is 2.36. The molecule has 0 aromatic heterocycles.